The third-order valence-electron chi connectivity index (χ3n) is 8.19. The summed E-state index contributed by atoms with van der Waals surface area (Å²) in [4.78, 5) is 52.6. The van der Waals surface area contributed by atoms with Gasteiger partial charge in [0.25, 0.3) is 0 Å². The van der Waals surface area contributed by atoms with Crippen molar-refractivity contribution in [3.05, 3.63) is 11.8 Å². The van der Waals surface area contributed by atoms with Crippen LogP contribution in [0.25, 0.3) is 0 Å². The molecule has 0 N–H and O–H groups in total. The molecule has 3 aliphatic carbocycles. The zero-order valence-electron chi connectivity index (χ0n) is 19.5. The molecule has 5 aliphatic rings. The number of fused-ring (bicyclic) bond motifs is 1. The van der Waals surface area contributed by atoms with Crippen LogP contribution in [-0.2, 0) is 20.7 Å². The lowest BCUT2D eigenvalue weighted by Gasteiger charge is -2.76. The molecule has 0 radical (unpaired) electrons. The predicted octanol–water partition coefficient (Wildman–Crippen LogP) is 3.29. The second-order valence-corrected chi connectivity index (χ2v) is 11.5. The first-order valence-corrected chi connectivity index (χ1v) is 12.5. The Bertz CT molecular complexity index is 1030. The quantitative estimate of drug-likeness (QED) is 0.381. The summed E-state index contributed by atoms with van der Waals surface area (Å²) in [6.07, 6.45) is 4.40. The summed E-state index contributed by atoms with van der Waals surface area (Å²) in [5.41, 5.74) is -1.54. The first kappa shape index (κ1) is 21.7. The highest BCUT2D eigenvalue weighted by Crippen LogP contribution is 2.70. The molecule has 3 saturated carbocycles. The molecule has 8 nitrogen and oxygen atoms in total. The van der Waals surface area contributed by atoms with Gasteiger partial charge in [-0.25, -0.2) is 19.7 Å². The number of nitrogens with zero attached hydrogens (tertiary/aromatic N) is 4. The highest BCUT2D eigenvalue weighted by molar-refractivity contribution is 7.98. The van der Waals surface area contributed by atoms with Gasteiger partial charge in [-0.05, 0) is 57.6 Å². The van der Waals surface area contributed by atoms with Crippen molar-refractivity contribution in [1.29, 1.82) is 0 Å². The summed E-state index contributed by atoms with van der Waals surface area (Å²) in [7, 11) is 0. The Kier molecular flexibility index (Phi) is 4.53. The van der Waals surface area contributed by atoms with Crippen LogP contribution >= 0.6 is 11.8 Å². The van der Waals surface area contributed by atoms with Crippen molar-refractivity contribution in [2.45, 2.75) is 70.2 Å². The third kappa shape index (κ3) is 2.60. The van der Waals surface area contributed by atoms with Gasteiger partial charge in [0.2, 0.25) is 11.8 Å². The van der Waals surface area contributed by atoms with E-state index >= 15 is 0 Å². The average Bonchev–Trinajstić information content (AvgIpc) is 3.05. The van der Waals surface area contributed by atoms with Crippen molar-refractivity contribution in [2.75, 3.05) is 17.7 Å². The highest BCUT2D eigenvalue weighted by Gasteiger charge is 2.75. The molecule has 3 atom stereocenters. The largest absolute Gasteiger partial charge is 0.443 e. The van der Waals surface area contributed by atoms with Gasteiger partial charge in [-0.2, -0.15) is 0 Å². The minimum absolute atomic E-state index is 0.174. The van der Waals surface area contributed by atoms with Crippen LogP contribution in [0.2, 0.25) is 0 Å². The molecule has 1 aromatic heterocycles. The summed E-state index contributed by atoms with van der Waals surface area (Å²) in [6.45, 7) is 9.82. The van der Waals surface area contributed by atoms with E-state index in [-0.39, 0.29) is 30.8 Å². The lowest BCUT2D eigenvalue weighted by molar-refractivity contribution is -0.182. The molecule has 2 bridgehead atoms. The van der Waals surface area contributed by atoms with Crippen molar-refractivity contribution in [2.24, 2.45) is 23.2 Å². The molecule has 0 aromatic carbocycles. The summed E-state index contributed by atoms with van der Waals surface area (Å²) < 4.78 is 5.44. The average molecular weight is 459 g/mol. The number of likely N-dealkylation sites (tertiary alicyclic amines) is 1. The normalized spacial score (nSPS) is 35.5. The van der Waals surface area contributed by atoms with Crippen LogP contribution in [0.5, 0.6) is 0 Å². The topological polar surface area (TPSA) is 92.7 Å². The maximum Gasteiger partial charge on any atom is 0.417 e. The van der Waals surface area contributed by atoms with E-state index in [4.69, 9.17) is 9.72 Å². The molecule has 3 amide bonds. The van der Waals surface area contributed by atoms with Crippen molar-refractivity contribution in [1.82, 2.24) is 14.9 Å². The molecule has 6 rings (SSSR count). The molecular weight excluding hydrogens is 428 g/mol. The molecule has 3 heterocycles. The minimum Gasteiger partial charge on any atom is -0.443 e. The van der Waals surface area contributed by atoms with E-state index in [0.29, 0.717) is 28.7 Å². The van der Waals surface area contributed by atoms with Gasteiger partial charge in [0, 0.05) is 24.7 Å². The van der Waals surface area contributed by atoms with E-state index in [1.807, 2.05) is 11.2 Å². The van der Waals surface area contributed by atoms with E-state index < -0.39 is 23.0 Å². The standard InChI is InChI=1S/C23H30N4O4S/c1-12-15-10-23(12,13(15)2)27-16-14(11-24-19(25-16)32-6)9-22(18(27)29)7-8-26(17(22)28)20(30)31-21(3,4)5/h11-13,15H,7-10H2,1-6H3/t12-,13-,15?,22?,23?/m1/s1. The van der Waals surface area contributed by atoms with Gasteiger partial charge in [0.15, 0.2) is 5.16 Å². The van der Waals surface area contributed by atoms with Crippen LogP contribution in [0.3, 0.4) is 0 Å². The third-order valence-corrected chi connectivity index (χ3v) is 8.75. The predicted molar refractivity (Wildman–Crippen MR) is 119 cm³/mol. The molecule has 1 aromatic rings. The first-order chi connectivity index (χ1) is 15.0. The zero-order valence-corrected chi connectivity index (χ0v) is 20.3. The second-order valence-electron chi connectivity index (χ2n) is 10.7. The number of imide groups is 1. The Labute approximate surface area is 192 Å². The van der Waals surface area contributed by atoms with Crippen molar-refractivity contribution in [3.8, 4) is 0 Å². The molecule has 1 saturated heterocycles. The van der Waals surface area contributed by atoms with Gasteiger partial charge in [-0.3, -0.25) is 14.5 Å². The Balaban J connectivity index is 1.57. The lowest BCUT2D eigenvalue weighted by atomic mass is 9.36. The molecule has 2 aliphatic heterocycles. The molecule has 9 heteroatoms. The molecule has 32 heavy (non-hydrogen) atoms. The number of hydrogen-bond acceptors (Lipinski definition) is 7. The molecule has 1 spiro atoms. The van der Waals surface area contributed by atoms with E-state index in [1.165, 1.54) is 11.8 Å². The summed E-state index contributed by atoms with van der Waals surface area (Å²) in [5, 5.41) is 0.609. The van der Waals surface area contributed by atoms with Gasteiger partial charge in [0.1, 0.15) is 16.8 Å². The Morgan fingerprint density at radius 2 is 1.91 bits per heavy atom. The van der Waals surface area contributed by atoms with Gasteiger partial charge in [0.05, 0.1) is 5.54 Å². The zero-order chi connectivity index (χ0) is 23.2. The maximum atomic E-state index is 14.2. The van der Waals surface area contributed by atoms with Gasteiger partial charge in [-0.1, -0.05) is 25.6 Å². The lowest BCUT2D eigenvalue weighted by Crippen LogP contribution is -2.83. The fourth-order valence-corrected chi connectivity index (χ4v) is 6.61. The van der Waals surface area contributed by atoms with E-state index in [2.05, 4.69) is 18.8 Å². The number of amides is 3. The Morgan fingerprint density at radius 3 is 2.47 bits per heavy atom. The number of thioether (sulfide) groups is 1. The smallest absolute Gasteiger partial charge is 0.417 e. The monoisotopic (exact) mass is 458 g/mol. The number of aromatic nitrogens is 2. The molecule has 4 fully saturated rings. The van der Waals surface area contributed by atoms with E-state index in [0.717, 1.165) is 16.9 Å². The summed E-state index contributed by atoms with van der Waals surface area (Å²) in [6, 6.07) is 0. The van der Waals surface area contributed by atoms with Crippen molar-refractivity contribution in [3.63, 3.8) is 0 Å². The number of carbonyl (C=O) groups is 3. The summed E-state index contributed by atoms with van der Waals surface area (Å²) in [5.74, 6) is 1.27. The number of ether oxygens (including phenoxy) is 1. The molecule has 1 unspecified atom stereocenters. The van der Waals surface area contributed by atoms with Gasteiger partial charge in [-0.15, -0.1) is 0 Å². The van der Waals surface area contributed by atoms with Crippen molar-refractivity contribution >= 4 is 35.5 Å². The van der Waals surface area contributed by atoms with Crippen LogP contribution < -0.4 is 4.90 Å². The van der Waals surface area contributed by atoms with Crippen LogP contribution in [0, 0.1) is 23.2 Å². The molecule has 172 valence electrons. The molecular formula is C23H30N4O4S. The van der Waals surface area contributed by atoms with E-state index in [1.54, 1.807) is 27.0 Å². The number of anilines is 1. The first-order valence-electron chi connectivity index (χ1n) is 11.3. The fourth-order valence-electron chi connectivity index (χ4n) is 6.27. The van der Waals surface area contributed by atoms with Crippen LogP contribution in [0.15, 0.2) is 11.4 Å². The van der Waals surface area contributed by atoms with Crippen LogP contribution in [0.4, 0.5) is 10.6 Å². The SMILES string of the molecule is CSc1ncc2c(n1)N(C13CC([C@H]1C)[C@H]3C)C(=O)C1(CCN(C(=O)OC(C)(C)C)C1=O)C2. The van der Waals surface area contributed by atoms with Gasteiger partial charge < -0.3 is 4.74 Å². The number of carbonyl (C=O) groups excluding carboxylic acids is 3. The Morgan fingerprint density at radius 1 is 1.22 bits per heavy atom. The van der Waals surface area contributed by atoms with E-state index in [9.17, 15) is 14.4 Å². The minimum atomic E-state index is -1.30. The number of rotatable bonds is 2. The van der Waals surface area contributed by atoms with Crippen LogP contribution in [-0.4, -0.2) is 56.7 Å². The highest BCUT2D eigenvalue weighted by atomic mass is 32.2. The Hall–Kier alpha value is -2.16. The van der Waals surface area contributed by atoms with Crippen LogP contribution in [0.1, 0.15) is 53.0 Å². The maximum absolute atomic E-state index is 14.2. The second kappa shape index (κ2) is 6.68. The van der Waals surface area contributed by atoms with Gasteiger partial charge >= 0.3 is 6.09 Å². The van der Waals surface area contributed by atoms with Crippen molar-refractivity contribution < 1.29 is 19.1 Å². The fraction of sp³-hybridized carbons (Fsp3) is 0.696. The number of hydrogen-bond donors (Lipinski definition) is 0. The summed E-state index contributed by atoms with van der Waals surface area (Å²) >= 11 is 1.43.